The molecule has 1 unspecified atom stereocenters. The number of carboxylic acid groups (broad SMARTS) is 1. The highest BCUT2D eigenvalue weighted by molar-refractivity contribution is 7.92. The molecule has 2 heterocycles. The summed E-state index contributed by atoms with van der Waals surface area (Å²) in [4.78, 5) is 24.8. The fourth-order valence-electron chi connectivity index (χ4n) is 2.87. The summed E-state index contributed by atoms with van der Waals surface area (Å²) >= 11 is 0. The fourth-order valence-corrected chi connectivity index (χ4v) is 4.73. The van der Waals surface area contributed by atoms with Gasteiger partial charge in [0.1, 0.15) is 11.3 Å². The van der Waals surface area contributed by atoms with E-state index in [0.29, 0.717) is 32.2 Å². The second kappa shape index (κ2) is 5.48. The number of aliphatic carboxylic acids is 1. The number of carbonyl (C=O) groups excluding carboxylic acids is 1. The van der Waals surface area contributed by atoms with E-state index in [1.807, 2.05) is 0 Å². The third kappa shape index (κ3) is 2.91. The van der Waals surface area contributed by atoms with E-state index in [2.05, 4.69) is 0 Å². The van der Waals surface area contributed by atoms with Crippen molar-refractivity contribution in [3.8, 4) is 0 Å². The number of likely N-dealkylation sites (tertiary alicyclic amines) is 1. The Hall–Kier alpha value is -1.11. The normalized spacial score (nSPS) is 30.8. The molecule has 0 spiro atoms. The minimum absolute atomic E-state index is 0.0367. The van der Waals surface area contributed by atoms with Crippen LogP contribution in [0.5, 0.6) is 0 Å². The highest BCUT2D eigenvalue weighted by atomic mass is 32.2. The first-order valence-corrected chi connectivity index (χ1v) is 8.40. The summed E-state index contributed by atoms with van der Waals surface area (Å²) in [6.07, 6.45) is 3.54. The zero-order valence-electron chi connectivity index (χ0n) is 10.7. The number of hydrogen-bond donors (Lipinski definition) is 1. The molecule has 0 saturated carbocycles. The molecule has 1 amide bonds. The Labute approximate surface area is 112 Å². The van der Waals surface area contributed by atoms with E-state index >= 15 is 0 Å². The summed E-state index contributed by atoms with van der Waals surface area (Å²) in [6.45, 7) is 0.349. The van der Waals surface area contributed by atoms with Gasteiger partial charge in [-0.3, -0.25) is 4.79 Å². The first-order valence-electron chi connectivity index (χ1n) is 6.68. The van der Waals surface area contributed by atoms with E-state index < -0.39 is 33.0 Å². The van der Waals surface area contributed by atoms with E-state index in [0.717, 1.165) is 12.8 Å². The Morgan fingerprint density at radius 2 is 1.74 bits per heavy atom. The van der Waals surface area contributed by atoms with Crippen LogP contribution in [0.15, 0.2) is 0 Å². The van der Waals surface area contributed by atoms with Crippen LogP contribution < -0.4 is 0 Å². The van der Waals surface area contributed by atoms with Crippen LogP contribution in [0.1, 0.15) is 38.5 Å². The molecular formula is C12H19NO5S. The van der Waals surface area contributed by atoms with Crippen molar-refractivity contribution < 1.29 is 23.1 Å². The zero-order valence-corrected chi connectivity index (χ0v) is 11.6. The number of piperidine rings is 1. The number of hydrogen-bond acceptors (Lipinski definition) is 4. The lowest BCUT2D eigenvalue weighted by molar-refractivity contribution is -0.152. The molecule has 2 rings (SSSR count). The van der Waals surface area contributed by atoms with E-state index in [4.69, 9.17) is 5.11 Å². The van der Waals surface area contributed by atoms with Gasteiger partial charge in [-0.1, -0.05) is 6.42 Å². The fraction of sp³-hybridized carbons (Fsp3) is 0.833. The summed E-state index contributed by atoms with van der Waals surface area (Å²) in [5.74, 6) is -1.51. The van der Waals surface area contributed by atoms with Gasteiger partial charge in [-0.15, -0.1) is 0 Å². The van der Waals surface area contributed by atoms with Crippen LogP contribution in [-0.2, 0) is 19.4 Å². The molecule has 0 radical (unpaired) electrons. The number of rotatable bonds is 2. The first kappa shape index (κ1) is 14.3. The maximum Gasteiger partial charge on any atom is 0.326 e. The Morgan fingerprint density at radius 3 is 2.37 bits per heavy atom. The Kier molecular flexibility index (Phi) is 4.13. The molecule has 6 nitrogen and oxygen atoms in total. The summed E-state index contributed by atoms with van der Waals surface area (Å²) < 4.78 is 23.9. The lowest BCUT2D eigenvalue weighted by atomic mass is 10.0. The molecular weight excluding hydrogens is 270 g/mol. The minimum atomic E-state index is -3.41. The molecule has 0 aromatic heterocycles. The van der Waals surface area contributed by atoms with E-state index in [1.165, 1.54) is 4.90 Å². The predicted molar refractivity (Wildman–Crippen MR) is 68.4 cm³/mol. The number of amides is 1. The molecule has 2 aliphatic rings. The van der Waals surface area contributed by atoms with Gasteiger partial charge in [0.15, 0.2) is 9.84 Å². The second-order valence-corrected chi connectivity index (χ2v) is 7.54. The van der Waals surface area contributed by atoms with Crippen LogP contribution in [-0.4, -0.2) is 53.9 Å². The lowest BCUT2D eigenvalue weighted by Gasteiger charge is -2.36. The number of carboxylic acids is 1. The predicted octanol–water partition coefficient (Wildman–Crippen LogP) is 0.419. The maximum atomic E-state index is 12.4. The molecule has 2 saturated heterocycles. The average Bonchev–Trinajstić information content (AvgIpc) is 2.37. The second-order valence-electron chi connectivity index (χ2n) is 5.23. The molecule has 19 heavy (non-hydrogen) atoms. The van der Waals surface area contributed by atoms with Crippen molar-refractivity contribution >= 4 is 21.7 Å². The van der Waals surface area contributed by atoms with Gasteiger partial charge in [0, 0.05) is 6.54 Å². The smallest absolute Gasteiger partial charge is 0.326 e. The molecule has 0 bridgehead atoms. The highest BCUT2D eigenvalue weighted by Gasteiger charge is 2.41. The van der Waals surface area contributed by atoms with Gasteiger partial charge in [0.2, 0.25) is 5.91 Å². The van der Waals surface area contributed by atoms with Gasteiger partial charge in [-0.2, -0.15) is 0 Å². The van der Waals surface area contributed by atoms with Gasteiger partial charge in [0.25, 0.3) is 0 Å². The summed E-state index contributed by atoms with van der Waals surface area (Å²) in [5.41, 5.74) is 0. The van der Waals surface area contributed by atoms with Crippen LogP contribution in [0.2, 0.25) is 0 Å². The molecule has 2 aliphatic heterocycles. The van der Waals surface area contributed by atoms with Crippen molar-refractivity contribution in [2.24, 2.45) is 0 Å². The topological polar surface area (TPSA) is 91.8 Å². The first-order chi connectivity index (χ1) is 8.93. The van der Waals surface area contributed by atoms with Crippen LogP contribution in [0.25, 0.3) is 0 Å². The van der Waals surface area contributed by atoms with Gasteiger partial charge in [-0.25, -0.2) is 13.2 Å². The molecule has 1 N–H and O–H groups in total. The van der Waals surface area contributed by atoms with Crippen LogP contribution in [0.3, 0.4) is 0 Å². The monoisotopic (exact) mass is 289 g/mol. The van der Waals surface area contributed by atoms with E-state index in [9.17, 15) is 18.0 Å². The van der Waals surface area contributed by atoms with E-state index in [1.54, 1.807) is 0 Å². The maximum absolute atomic E-state index is 12.4. The SMILES string of the molecule is O=C(O)[C@H]1CCCCN1C(=O)C1CCCCS1(=O)=O. The van der Waals surface area contributed by atoms with Crippen molar-refractivity contribution in [1.82, 2.24) is 4.90 Å². The van der Waals surface area contributed by atoms with Crippen molar-refractivity contribution in [2.75, 3.05) is 12.3 Å². The summed E-state index contributed by atoms with van der Waals surface area (Å²) in [7, 11) is -3.41. The Morgan fingerprint density at radius 1 is 1.05 bits per heavy atom. The van der Waals surface area contributed by atoms with E-state index in [-0.39, 0.29) is 5.75 Å². The molecule has 0 aliphatic carbocycles. The molecule has 108 valence electrons. The van der Waals surface area contributed by atoms with Crippen molar-refractivity contribution in [2.45, 2.75) is 49.8 Å². The molecule has 0 aromatic carbocycles. The highest BCUT2D eigenvalue weighted by Crippen LogP contribution is 2.25. The summed E-state index contributed by atoms with van der Waals surface area (Å²) in [5, 5.41) is 8.12. The Balaban J connectivity index is 2.19. The number of carbonyl (C=O) groups is 2. The Bertz CT molecular complexity index is 473. The molecule has 7 heteroatoms. The van der Waals surface area contributed by atoms with Gasteiger partial charge < -0.3 is 10.0 Å². The number of sulfone groups is 1. The molecule has 2 atom stereocenters. The zero-order chi connectivity index (χ0) is 14.0. The quantitative estimate of drug-likeness (QED) is 0.795. The van der Waals surface area contributed by atoms with Gasteiger partial charge in [-0.05, 0) is 32.1 Å². The standard InChI is InChI=1S/C12H19NO5S/c14-11(10-6-2-4-8-19(10,17)18)13-7-3-1-5-9(13)12(15)16/h9-10H,1-8H2,(H,15,16)/t9-,10?/m1/s1. The summed E-state index contributed by atoms with van der Waals surface area (Å²) in [6, 6.07) is -0.863. The molecule has 2 fully saturated rings. The average molecular weight is 289 g/mol. The third-order valence-electron chi connectivity index (χ3n) is 3.93. The van der Waals surface area contributed by atoms with Crippen LogP contribution in [0.4, 0.5) is 0 Å². The van der Waals surface area contributed by atoms with Crippen molar-refractivity contribution in [1.29, 1.82) is 0 Å². The van der Waals surface area contributed by atoms with Crippen LogP contribution >= 0.6 is 0 Å². The van der Waals surface area contributed by atoms with Gasteiger partial charge in [0.05, 0.1) is 5.75 Å². The third-order valence-corrected chi connectivity index (χ3v) is 6.09. The number of nitrogens with zero attached hydrogens (tertiary/aromatic N) is 1. The van der Waals surface area contributed by atoms with Crippen molar-refractivity contribution in [3.05, 3.63) is 0 Å². The van der Waals surface area contributed by atoms with Crippen molar-refractivity contribution in [3.63, 3.8) is 0 Å². The minimum Gasteiger partial charge on any atom is -0.480 e. The van der Waals surface area contributed by atoms with Gasteiger partial charge >= 0.3 is 5.97 Å². The largest absolute Gasteiger partial charge is 0.480 e. The van der Waals surface area contributed by atoms with Crippen LogP contribution in [0, 0.1) is 0 Å². The lowest BCUT2D eigenvalue weighted by Crippen LogP contribution is -2.53. The molecule has 0 aromatic rings.